The Morgan fingerprint density at radius 3 is 3.00 bits per heavy atom. The summed E-state index contributed by atoms with van der Waals surface area (Å²) in [4.78, 5) is 4.13. The van der Waals surface area contributed by atoms with Crippen LogP contribution in [0.25, 0.3) is 0 Å². The third-order valence-electron chi connectivity index (χ3n) is 2.82. The monoisotopic (exact) mass is 222 g/mol. The summed E-state index contributed by atoms with van der Waals surface area (Å²) >= 11 is 0. The molecule has 2 rings (SSSR count). The molecule has 1 aliphatic heterocycles. The van der Waals surface area contributed by atoms with Gasteiger partial charge in [-0.3, -0.25) is 4.98 Å². The zero-order valence-corrected chi connectivity index (χ0v) is 9.61. The zero-order valence-electron chi connectivity index (χ0n) is 9.61. The number of ether oxygens (including phenoxy) is 2. The van der Waals surface area contributed by atoms with Gasteiger partial charge in [-0.05, 0) is 24.5 Å². The number of hydrogen-bond acceptors (Lipinski definition) is 4. The van der Waals surface area contributed by atoms with Crippen molar-refractivity contribution in [3.8, 4) is 5.75 Å². The van der Waals surface area contributed by atoms with E-state index in [2.05, 4.69) is 10.3 Å². The highest BCUT2D eigenvalue weighted by Gasteiger charge is 2.12. The number of methoxy groups -OCH3 is 1. The van der Waals surface area contributed by atoms with Gasteiger partial charge in [-0.1, -0.05) is 0 Å². The first-order valence-electron chi connectivity index (χ1n) is 5.67. The van der Waals surface area contributed by atoms with Gasteiger partial charge in [-0.25, -0.2) is 0 Å². The van der Waals surface area contributed by atoms with E-state index in [9.17, 15) is 0 Å². The van der Waals surface area contributed by atoms with Crippen LogP contribution in [0.15, 0.2) is 18.5 Å². The fourth-order valence-corrected chi connectivity index (χ4v) is 1.84. The second kappa shape index (κ2) is 5.82. The molecule has 0 unspecified atom stereocenters. The fraction of sp³-hybridized carbons (Fsp3) is 0.583. The fourth-order valence-electron chi connectivity index (χ4n) is 1.84. The highest BCUT2D eigenvalue weighted by molar-refractivity contribution is 5.23. The zero-order chi connectivity index (χ0) is 11.2. The van der Waals surface area contributed by atoms with Gasteiger partial charge in [0.15, 0.2) is 0 Å². The molecule has 1 saturated heterocycles. The van der Waals surface area contributed by atoms with Crippen LogP contribution in [-0.4, -0.2) is 31.3 Å². The molecular formula is C12H18N2O2. The van der Waals surface area contributed by atoms with Crippen LogP contribution in [0.1, 0.15) is 18.4 Å². The predicted octanol–water partition coefficient (Wildman–Crippen LogP) is 1.36. The molecule has 1 aromatic heterocycles. The highest BCUT2D eigenvalue weighted by Crippen LogP contribution is 2.11. The van der Waals surface area contributed by atoms with Gasteiger partial charge in [0.05, 0.1) is 13.3 Å². The van der Waals surface area contributed by atoms with Crippen LogP contribution in [-0.2, 0) is 11.3 Å². The summed E-state index contributed by atoms with van der Waals surface area (Å²) < 4.78 is 10.5. The Balaban J connectivity index is 1.83. The second-order valence-corrected chi connectivity index (χ2v) is 4.00. The Labute approximate surface area is 96.0 Å². The molecule has 2 heterocycles. The van der Waals surface area contributed by atoms with Gasteiger partial charge in [-0.2, -0.15) is 0 Å². The van der Waals surface area contributed by atoms with Gasteiger partial charge in [0.2, 0.25) is 0 Å². The molecule has 0 spiro atoms. The second-order valence-electron chi connectivity index (χ2n) is 4.00. The topological polar surface area (TPSA) is 43.4 Å². The first kappa shape index (κ1) is 11.4. The summed E-state index contributed by atoms with van der Waals surface area (Å²) in [6, 6.07) is 2.58. The van der Waals surface area contributed by atoms with E-state index < -0.39 is 0 Å². The molecule has 0 atom stereocenters. The van der Waals surface area contributed by atoms with E-state index in [4.69, 9.17) is 9.47 Å². The minimum Gasteiger partial charge on any atom is -0.495 e. The van der Waals surface area contributed by atoms with Crippen LogP contribution in [0, 0.1) is 0 Å². The van der Waals surface area contributed by atoms with E-state index in [0.29, 0.717) is 6.04 Å². The standard InChI is InChI=1S/C12H18N2O2/c1-15-12-6-10(7-13-9-12)8-14-11-2-4-16-5-3-11/h6-7,9,11,14H,2-5,8H2,1H3. The molecule has 0 saturated carbocycles. The van der Waals surface area contributed by atoms with Crippen molar-refractivity contribution < 1.29 is 9.47 Å². The lowest BCUT2D eigenvalue weighted by Crippen LogP contribution is -2.34. The summed E-state index contributed by atoms with van der Waals surface area (Å²) in [6.45, 7) is 2.58. The van der Waals surface area contributed by atoms with Crippen molar-refractivity contribution in [1.82, 2.24) is 10.3 Å². The van der Waals surface area contributed by atoms with Gasteiger partial charge >= 0.3 is 0 Å². The predicted molar refractivity (Wildman–Crippen MR) is 61.5 cm³/mol. The van der Waals surface area contributed by atoms with E-state index in [0.717, 1.165) is 43.9 Å². The first-order chi connectivity index (χ1) is 7.88. The van der Waals surface area contributed by atoms with Crippen LogP contribution in [0.2, 0.25) is 0 Å². The molecule has 88 valence electrons. The number of pyridine rings is 1. The largest absolute Gasteiger partial charge is 0.495 e. The number of rotatable bonds is 4. The summed E-state index contributed by atoms with van der Waals surface area (Å²) in [5, 5.41) is 3.51. The van der Waals surface area contributed by atoms with Crippen molar-refractivity contribution in [3.05, 3.63) is 24.0 Å². The number of hydrogen-bond donors (Lipinski definition) is 1. The molecule has 4 heteroatoms. The number of nitrogens with zero attached hydrogens (tertiary/aromatic N) is 1. The Morgan fingerprint density at radius 1 is 1.44 bits per heavy atom. The van der Waals surface area contributed by atoms with Crippen molar-refractivity contribution in [1.29, 1.82) is 0 Å². The molecule has 0 amide bonds. The molecule has 16 heavy (non-hydrogen) atoms. The summed E-state index contributed by atoms with van der Waals surface area (Å²) in [5.74, 6) is 0.811. The lowest BCUT2D eigenvalue weighted by molar-refractivity contribution is 0.0776. The van der Waals surface area contributed by atoms with Crippen molar-refractivity contribution in [2.75, 3.05) is 20.3 Å². The average Bonchev–Trinajstić information content (AvgIpc) is 2.38. The lowest BCUT2D eigenvalue weighted by atomic mass is 10.1. The van der Waals surface area contributed by atoms with Crippen molar-refractivity contribution in [2.45, 2.75) is 25.4 Å². The van der Waals surface area contributed by atoms with Gasteiger partial charge in [0.25, 0.3) is 0 Å². The van der Waals surface area contributed by atoms with Crippen molar-refractivity contribution >= 4 is 0 Å². The van der Waals surface area contributed by atoms with Gasteiger partial charge in [0, 0.05) is 32.0 Å². The van der Waals surface area contributed by atoms with Gasteiger partial charge in [0.1, 0.15) is 5.75 Å². The number of nitrogens with one attached hydrogen (secondary N) is 1. The molecule has 1 fully saturated rings. The van der Waals surface area contributed by atoms with E-state index in [1.54, 1.807) is 13.3 Å². The Morgan fingerprint density at radius 2 is 2.25 bits per heavy atom. The molecule has 1 aromatic rings. The molecule has 1 aliphatic rings. The molecule has 0 aliphatic carbocycles. The Hall–Kier alpha value is -1.13. The summed E-state index contributed by atoms with van der Waals surface area (Å²) in [7, 11) is 1.66. The Kier molecular flexibility index (Phi) is 4.13. The third-order valence-corrected chi connectivity index (χ3v) is 2.82. The quantitative estimate of drug-likeness (QED) is 0.835. The van der Waals surface area contributed by atoms with E-state index >= 15 is 0 Å². The first-order valence-corrected chi connectivity index (χ1v) is 5.67. The average molecular weight is 222 g/mol. The highest BCUT2D eigenvalue weighted by atomic mass is 16.5. The van der Waals surface area contributed by atoms with Crippen LogP contribution in [0.3, 0.4) is 0 Å². The van der Waals surface area contributed by atoms with Gasteiger partial charge < -0.3 is 14.8 Å². The summed E-state index contributed by atoms with van der Waals surface area (Å²) in [6.07, 6.45) is 5.78. The van der Waals surface area contributed by atoms with E-state index in [1.165, 1.54) is 0 Å². The minimum atomic E-state index is 0.569. The third kappa shape index (κ3) is 3.18. The van der Waals surface area contributed by atoms with Crippen LogP contribution < -0.4 is 10.1 Å². The molecule has 0 aromatic carbocycles. The van der Waals surface area contributed by atoms with E-state index in [-0.39, 0.29) is 0 Å². The minimum absolute atomic E-state index is 0.569. The maximum Gasteiger partial charge on any atom is 0.137 e. The normalized spacial score (nSPS) is 17.3. The van der Waals surface area contributed by atoms with Gasteiger partial charge in [-0.15, -0.1) is 0 Å². The molecule has 1 N–H and O–H groups in total. The maximum atomic E-state index is 5.32. The summed E-state index contributed by atoms with van der Waals surface area (Å²) in [5.41, 5.74) is 1.16. The van der Waals surface area contributed by atoms with Crippen LogP contribution >= 0.6 is 0 Å². The van der Waals surface area contributed by atoms with Crippen molar-refractivity contribution in [2.24, 2.45) is 0 Å². The van der Waals surface area contributed by atoms with Crippen LogP contribution in [0.4, 0.5) is 0 Å². The molecule has 0 bridgehead atoms. The SMILES string of the molecule is COc1cncc(CNC2CCOCC2)c1. The van der Waals surface area contributed by atoms with E-state index in [1.807, 2.05) is 12.3 Å². The smallest absolute Gasteiger partial charge is 0.137 e. The molecule has 0 radical (unpaired) electrons. The van der Waals surface area contributed by atoms with Crippen molar-refractivity contribution in [3.63, 3.8) is 0 Å². The molecule has 4 nitrogen and oxygen atoms in total. The Bertz CT molecular complexity index is 325. The molecular weight excluding hydrogens is 204 g/mol. The maximum absolute atomic E-state index is 5.32. The lowest BCUT2D eigenvalue weighted by Gasteiger charge is -2.23. The van der Waals surface area contributed by atoms with Crippen LogP contribution in [0.5, 0.6) is 5.75 Å². The number of aromatic nitrogens is 1.